The van der Waals surface area contributed by atoms with Crippen LogP contribution in [0.3, 0.4) is 0 Å². The van der Waals surface area contributed by atoms with Crippen molar-refractivity contribution in [2.75, 3.05) is 46.6 Å². The average Bonchev–Trinajstić information content (AvgIpc) is 3.16. The number of fused-ring (bicyclic) bond motifs is 1. The molecule has 1 aliphatic heterocycles. The Hall–Kier alpha value is -3.03. The predicted octanol–water partition coefficient (Wildman–Crippen LogP) is 3.69. The summed E-state index contributed by atoms with van der Waals surface area (Å²) in [7, 11) is 1.65. The molecule has 2 N–H and O–H groups in total. The first-order valence-corrected chi connectivity index (χ1v) is 11.1. The molecule has 32 heavy (non-hydrogen) atoms. The number of nitrogens with zero attached hydrogens (tertiary/aromatic N) is 1. The third kappa shape index (κ3) is 4.59. The number of morpholine rings is 1. The highest BCUT2D eigenvalue weighted by Gasteiger charge is 2.25. The van der Waals surface area contributed by atoms with Crippen LogP contribution < -0.4 is 14.8 Å². The lowest BCUT2D eigenvalue weighted by Crippen LogP contribution is -2.43. The predicted molar refractivity (Wildman–Crippen MR) is 125 cm³/mol. The van der Waals surface area contributed by atoms with Crippen molar-refractivity contribution in [3.8, 4) is 11.5 Å². The number of hydrogen-bond acceptors (Lipinski definition) is 5. The zero-order valence-corrected chi connectivity index (χ0v) is 18.9. The van der Waals surface area contributed by atoms with Crippen LogP contribution in [0.1, 0.15) is 34.6 Å². The molecular formula is C25H31N3O4. The van der Waals surface area contributed by atoms with Gasteiger partial charge in [-0.1, -0.05) is 24.3 Å². The molecule has 1 aromatic heterocycles. The maximum absolute atomic E-state index is 13.2. The molecule has 1 fully saturated rings. The van der Waals surface area contributed by atoms with Crippen molar-refractivity contribution < 1.29 is 19.0 Å². The molecule has 1 saturated heterocycles. The minimum atomic E-state index is -0.0730. The maximum atomic E-state index is 13.2. The smallest absolute Gasteiger partial charge is 0.253 e. The maximum Gasteiger partial charge on any atom is 0.253 e. The van der Waals surface area contributed by atoms with Gasteiger partial charge in [-0.3, -0.25) is 9.69 Å². The van der Waals surface area contributed by atoms with Crippen molar-refractivity contribution in [1.82, 2.24) is 15.2 Å². The van der Waals surface area contributed by atoms with Crippen LogP contribution >= 0.6 is 0 Å². The van der Waals surface area contributed by atoms with Crippen molar-refractivity contribution in [2.24, 2.45) is 0 Å². The number of carbonyl (C=O) groups is 1. The van der Waals surface area contributed by atoms with E-state index in [1.165, 1.54) is 0 Å². The number of aromatic nitrogens is 1. The number of hydrogen-bond donors (Lipinski definition) is 2. The number of para-hydroxylation sites is 1. The Bertz CT molecular complexity index is 1070. The summed E-state index contributed by atoms with van der Waals surface area (Å²) in [5.41, 5.74) is 3.61. The zero-order chi connectivity index (χ0) is 22.5. The monoisotopic (exact) mass is 437 g/mol. The van der Waals surface area contributed by atoms with Gasteiger partial charge in [0.2, 0.25) is 0 Å². The van der Waals surface area contributed by atoms with Gasteiger partial charge in [-0.2, -0.15) is 0 Å². The largest absolute Gasteiger partial charge is 0.493 e. The van der Waals surface area contributed by atoms with Gasteiger partial charge in [-0.15, -0.1) is 0 Å². The van der Waals surface area contributed by atoms with Crippen LogP contribution in [0.2, 0.25) is 0 Å². The summed E-state index contributed by atoms with van der Waals surface area (Å²) in [6.45, 7) is 7.92. The van der Waals surface area contributed by atoms with Gasteiger partial charge in [0.25, 0.3) is 5.91 Å². The van der Waals surface area contributed by atoms with Crippen molar-refractivity contribution >= 4 is 16.8 Å². The molecule has 0 bridgehead atoms. The molecule has 170 valence electrons. The number of methoxy groups -OCH3 is 1. The number of benzene rings is 2. The van der Waals surface area contributed by atoms with Crippen LogP contribution in [-0.2, 0) is 4.74 Å². The molecule has 0 aliphatic carbocycles. The summed E-state index contributed by atoms with van der Waals surface area (Å²) in [6, 6.07) is 13.9. The van der Waals surface area contributed by atoms with E-state index in [-0.39, 0.29) is 11.9 Å². The SMILES string of the molecule is CCOc1ccc(C(CNC(=O)c2c(C)[nH]c3ccccc23)N2CCOCC2)cc1OC. The molecule has 7 nitrogen and oxygen atoms in total. The van der Waals surface area contributed by atoms with Crippen molar-refractivity contribution in [3.63, 3.8) is 0 Å². The van der Waals surface area contributed by atoms with Crippen molar-refractivity contribution in [2.45, 2.75) is 19.9 Å². The molecule has 0 spiro atoms. The van der Waals surface area contributed by atoms with E-state index in [4.69, 9.17) is 14.2 Å². The molecule has 2 aromatic carbocycles. The summed E-state index contributed by atoms with van der Waals surface area (Å²) >= 11 is 0. The van der Waals surface area contributed by atoms with E-state index >= 15 is 0 Å². The molecule has 1 amide bonds. The third-order valence-corrected chi connectivity index (χ3v) is 5.94. The quantitative estimate of drug-likeness (QED) is 0.562. The first kappa shape index (κ1) is 22.2. The Morgan fingerprint density at radius 3 is 2.72 bits per heavy atom. The lowest BCUT2D eigenvalue weighted by Gasteiger charge is -2.35. The molecule has 1 atom stereocenters. The Morgan fingerprint density at radius 1 is 1.19 bits per heavy atom. The number of aromatic amines is 1. The van der Waals surface area contributed by atoms with E-state index in [0.29, 0.717) is 37.7 Å². The van der Waals surface area contributed by atoms with E-state index in [1.54, 1.807) is 7.11 Å². The van der Waals surface area contributed by atoms with Gasteiger partial charge in [0.05, 0.1) is 38.5 Å². The van der Waals surface area contributed by atoms with E-state index in [9.17, 15) is 4.79 Å². The number of nitrogens with one attached hydrogen (secondary N) is 2. The second-order valence-corrected chi connectivity index (χ2v) is 7.89. The average molecular weight is 438 g/mol. The molecule has 4 rings (SSSR count). The number of amides is 1. The van der Waals surface area contributed by atoms with E-state index in [0.717, 1.165) is 41.0 Å². The van der Waals surface area contributed by atoms with E-state index in [1.807, 2.05) is 50.2 Å². The fourth-order valence-electron chi connectivity index (χ4n) is 4.36. The van der Waals surface area contributed by atoms with Crippen molar-refractivity contribution in [3.05, 3.63) is 59.3 Å². The normalized spacial score (nSPS) is 15.5. The molecule has 0 radical (unpaired) electrons. The van der Waals surface area contributed by atoms with E-state index in [2.05, 4.69) is 21.3 Å². The first-order chi connectivity index (χ1) is 15.6. The van der Waals surface area contributed by atoms with Gasteiger partial charge in [-0.25, -0.2) is 0 Å². The Kier molecular flexibility index (Phi) is 6.97. The Balaban J connectivity index is 1.59. The highest BCUT2D eigenvalue weighted by Crippen LogP contribution is 2.32. The van der Waals surface area contributed by atoms with Crippen molar-refractivity contribution in [1.29, 1.82) is 0 Å². The van der Waals surface area contributed by atoms with Gasteiger partial charge < -0.3 is 24.5 Å². The van der Waals surface area contributed by atoms with Crippen LogP contribution in [-0.4, -0.2) is 62.4 Å². The van der Waals surface area contributed by atoms with Crippen LogP contribution in [0.15, 0.2) is 42.5 Å². The highest BCUT2D eigenvalue weighted by molar-refractivity contribution is 6.08. The van der Waals surface area contributed by atoms with Crippen LogP contribution in [0, 0.1) is 6.92 Å². The number of H-pyrrole nitrogens is 1. The fourth-order valence-corrected chi connectivity index (χ4v) is 4.36. The molecule has 1 aliphatic rings. The zero-order valence-electron chi connectivity index (χ0n) is 18.9. The second-order valence-electron chi connectivity index (χ2n) is 7.89. The van der Waals surface area contributed by atoms with Crippen LogP contribution in [0.5, 0.6) is 11.5 Å². The minimum Gasteiger partial charge on any atom is -0.493 e. The number of ether oxygens (including phenoxy) is 3. The molecule has 7 heteroatoms. The number of aryl methyl sites for hydroxylation is 1. The number of carbonyl (C=O) groups excluding carboxylic acids is 1. The van der Waals surface area contributed by atoms with Crippen LogP contribution in [0.4, 0.5) is 0 Å². The minimum absolute atomic E-state index is 0.00191. The van der Waals surface area contributed by atoms with E-state index < -0.39 is 0 Å². The summed E-state index contributed by atoms with van der Waals surface area (Å²) in [4.78, 5) is 18.9. The molecule has 2 heterocycles. The second kappa shape index (κ2) is 10.1. The molecule has 3 aromatic rings. The standard InChI is InChI=1S/C25H31N3O4/c1-4-32-22-10-9-18(15-23(22)30-3)21(28-11-13-31-14-12-28)16-26-25(29)24-17(2)27-20-8-6-5-7-19(20)24/h5-10,15,21,27H,4,11-14,16H2,1-3H3,(H,26,29). The summed E-state index contributed by atoms with van der Waals surface area (Å²) in [5, 5.41) is 4.12. The van der Waals surface area contributed by atoms with Gasteiger partial charge in [0.1, 0.15) is 0 Å². The molecule has 1 unspecified atom stereocenters. The molecular weight excluding hydrogens is 406 g/mol. The van der Waals surface area contributed by atoms with Gasteiger partial charge in [0.15, 0.2) is 11.5 Å². The van der Waals surface area contributed by atoms with Gasteiger partial charge in [-0.05, 0) is 37.6 Å². The summed E-state index contributed by atoms with van der Waals surface area (Å²) < 4.78 is 16.8. The number of rotatable bonds is 8. The van der Waals surface area contributed by atoms with Crippen LogP contribution in [0.25, 0.3) is 10.9 Å². The third-order valence-electron chi connectivity index (χ3n) is 5.94. The van der Waals surface area contributed by atoms with Gasteiger partial charge in [0, 0.05) is 36.2 Å². The lowest BCUT2D eigenvalue weighted by molar-refractivity contribution is 0.0162. The highest BCUT2D eigenvalue weighted by atomic mass is 16.5. The topological polar surface area (TPSA) is 75.8 Å². The Morgan fingerprint density at radius 2 is 1.97 bits per heavy atom. The fraction of sp³-hybridized carbons (Fsp3) is 0.400. The summed E-state index contributed by atoms with van der Waals surface area (Å²) in [6.07, 6.45) is 0. The molecule has 0 saturated carbocycles. The summed E-state index contributed by atoms with van der Waals surface area (Å²) in [5.74, 6) is 1.34. The van der Waals surface area contributed by atoms with Gasteiger partial charge >= 0.3 is 0 Å². The first-order valence-electron chi connectivity index (χ1n) is 11.1. The Labute approximate surface area is 188 Å². The lowest BCUT2D eigenvalue weighted by atomic mass is 10.0.